The molecule has 0 bridgehead atoms. The maximum absolute atomic E-state index is 11.9. The molecular weight excluding hydrogens is 512 g/mol. The van der Waals surface area contributed by atoms with E-state index >= 15 is 0 Å². The summed E-state index contributed by atoms with van der Waals surface area (Å²) in [5, 5.41) is 0.307. The van der Waals surface area contributed by atoms with Crippen molar-refractivity contribution in [3.63, 3.8) is 0 Å². The zero-order valence-corrected chi connectivity index (χ0v) is 21.1. The molecule has 11 nitrogen and oxygen atoms in total. The van der Waals surface area contributed by atoms with Crippen molar-refractivity contribution < 1.29 is 19.1 Å². The van der Waals surface area contributed by atoms with E-state index in [-0.39, 0.29) is 12.2 Å². The summed E-state index contributed by atoms with van der Waals surface area (Å²) in [6.07, 6.45) is 6.29. The molecular formula is C26H21ClN6O5. The van der Waals surface area contributed by atoms with E-state index in [0.717, 1.165) is 5.52 Å². The zero-order chi connectivity index (χ0) is 26.8. The number of nitrogens with zero attached hydrogens (tertiary/aromatic N) is 5. The highest BCUT2D eigenvalue weighted by Gasteiger charge is 2.16. The molecule has 1 N–H and O–H groups in total. The van der Waals surface area contributed by atoms with Crippen LogP contribution in [0.4, 0.5) is 0 Å². The molecule has 0 aliphatic rings. The lowest BCUT2D eigenvalue weighted by Crippen LogP contribution is -2.13. The molecule has 0 saturated carbocycles. The van der Waals surface area contributed by atoms with Crippen LogP contribution in [0.2, 0.25) is 5.15 Å². The zero-order valence-electron chi connectivity index (χ0n) is 20.3. The molecule has 0 spiro atoms. The molecule has 0 aliphatic heterocycles. The number of imidazole rings is 2. The number of aromatic nitrogens is 6. The van der Waals surface area contributed by atoms with Gasteiger partial charge in [0.15, 0.2) is 5.15 Å². The SMILES string of the molecule is CCOC(=O)c1cccc2c1[nH]c(=O)c1cncn12.CCOC(=O)c1cccc2c1nc(Cl)c1cncn12. The third-order valence-electron chi connectivity index (χ3n) is 5.74. The van der Waals surface area contributed by atoms with E-state index in [1.807, 2.05) is 12.1 Å². The molecule has 4 aromatic heterocycles. The van der Waals surface area contributed by atoms with Crippen molar-refractivity contribution in [2.24, 2.45) is 0 Å². The number of ether oxygens (including phenoxy) is 2. The number of fused-ring (bicyclic) bond motifs is 6. The highest BCUT2D eigenvalue weighted by atomic mass is 35.5. The van der Waals surface area contributed by atoms with Gasteiger partial charge in [-0.05, 0) is 38.1 Å². The smallest absolute Gasteiger partial charge is 0.340 e. The van der Waals surface area contributed by atoms with Crippen molar-refractivity contribution in [2.45, 2.75) is 13.8 Å². The molecule has 6 rings (SSSR count). The molecule has 4 heterocycles. The van der Waals surface area contributed by atoms with Crippen LogP contribution >= 0.6 is 11.6 Å². The van der Waals surface area contributed by atoms with Crippen molar-refractivity contribution >= 4 is 56.6 Å². The highest BCUT2D eigenvalue weighted by molar-refractivity contribution is 6.33. The number of para-hydroxylation sites is 2. The number of aromatic amines is 1. The molecule has 0 radical (unpaired) electrons. The van der Waals surface area contributed by atoms with E-state index < -0.39 is 11.9 Å². The second kappa shape index (κ2) is 10.3. The molecule has 0 fully saturated rings. The fourth-order valence-corrected chi connectivity index (χ4v) is 4.32. The lowest BCUT2D eigenvalue weighted by atomic mass is 10.1. The number of esters is 2. The van der Waals surface area contributed by atoms with Crippen LogP contribution < -0.4 is 5.56 Å². The summed E-state index contributed by atoms with van der Waals surface area (Å²) in [6, 6.07) is 10.5. The van der Waals surface area contributed by atoms with E-state index in [4.69, 9.17) is 21.1 Å². The number of benzene rings is 2. The van der Waals surface area contributed by atoms with Crippen molar-refractivity contribution in [3.8, 4) is 0 Å². The largest absolute Gasteiger partial charge is 0.462 e. The predicted molar refractivity (Wildman–Crippen MR) is 141 cm³/mol. The Morgan fingerprint density at radius 1 is 0.842 bits per heavy atom. The van der Waals surface area contributed by atoms with E-state index in [2.05, 4.69) is 19.9 Å². The topological polar surface area (TPSA) is 133 Å². The van der Waals surface area contributed by atoms with Crippen LogP contribution in [-0.4, -0.2) is 53.9 Å². The first-order valence-corrected chi connectivity index (χ1v) is 12.0. The van der Waals surface area contributed by atoms with Gasteiger partial charge in [0.2, 0.25) is 0 Å². The van der Waals surface area contributed by atoms with Gasteiger partial charge in [-0.1, -0.05) is 23.7 Å². The number of halogens is 1. The summed E-state index contributed by atoms with van der Waals surface area (Å²) < 4.78 is 13.5. The molecule has 192 valence electrons. The fourth-order valence-electron chi connectivity index (χ4n) is 4.10. The minimum atomic E-state index is -0.455. The number of carbonyl (C=O) groups is 2. The third kappa shape index (κ3) is 4.33. The average Bonchev–Trinajstić information content (AvgIpc) is 3.60. The molecule has 2 aromatic carbocycles. The first-order chi connectivity index (χ1) is 18.4. The number of H-pyrrole nitrogens is 1. The van der Waals surface area contributed by atoms with Crippen LogP contribution in [-0.2, 0) is 9.47 Å². The Kier molecular flexibility index (Phi) is 6.75. The van der Waals surface area contributed by atoms with Crippen LogP contribution in [0.25, 0.3) is 33.1 Å². The van der Waals surface area contributed by atoms with Gasteiger partial charge in [-0.25, -0.2) is 24.5 Å². The number of carbonyl (C=O) groups excluding carboxylic acids is 2. The number of hydrogen-bond acceptors (Lipinski definition) is 8. The third-order valence-corrected chi connectivity index (χ3v) is 6.01. The van der Waals surface area contributed by atoms with Gasteiger partial charge >= 0.3 is 11.9 Å². The van der Waals surface area contributed by atoms with E-state index in [0.29, 0.717) is 50.5 Å². The summed E-state index contributed by atoms with van der Waals surface area (Å²) in [4.78, 5) is 50.7. The van der Waals surface area contributed by atoms with Crippen molar-refractivity contribution in [2.75, 3.05) is 13.2 Å². The summed E-state index contributed by atoms with van der Waals surface area (Å²) >= 11 is 6.11. The van der Waals surface area contributed by atoms with Crippen molar-refractivity contribution in [1.82, 2.24) is 28.7 Å². The Hall–Kier alpha value is -4.77. The Labute approximate surface area is 219 Å². The predicted octanol–water partition coefficient (Wildman–Crippen LogP) is 4.07. The molecule has 12 heteroatoms. The van der Waals surface area contributed by atoms with Gasteiger partial charge in [-0.2, -0.15) is 0 Å². The van der Waals surface area contributed by atoms with Gasteiger partial charge in [0, 0.05) is 0 Å². The van der Waals surface area contributed by atoms with Gasteiger partial charge in [-0.3, -0.25) is 13.6 Å². The van der Waals surface area contributed by atoms with Crippen LogP contribution in [0, 0.1) is 0 Å². The number of hydrogen-bond donors (Lipinski definition) is 1. The lowest BCUT2D eigenvalue weighted by molar-refractivity contribution is 0.0518. The first-order valence-electron chi connectivity index (χ1n) is 11.7. The van der Waals surface area contributed by atoms with Crippen LogP contribution in [0.5, 0.6) is 0 Å². The first kappa shape index (κ1) is 24.9. The van der Waals surface area contributed by atoms with Gasteiger partial charge in [0.1, 0.15) is 16.6 Å². The molecule has 0 amide bonds. The molecule has 0 aliphatic carbocycles. The summed E-state index contributed by atoms with van der Waals surface area (Å²) in [5.41, 5.74) is 4.03. The van der Waals surface area contributed by atoms with E-state index in [9.17, 15) is 14.4 Å². The Morgan fingerprint density at radius 3 is 2.11 bits per heavy atom. The Balaban J connectivity index is 0.000000155. The second-order valence-electron chi connectivity index (χ2n) is 7.97. The standard InChI is InChI=1S/C13H10ClN3O2.C13H11N3O3/c1-2-19-13(18)8-4-3-5-9-11(8)16-12(14)10-6-15-7-17(9)10;1-2-19-13(18)8-4-3-5-9-11(8)15-12(17)10-6-14-7-16(9)10/h3-7H,2H2,1H3;3-7H,2H2,1H3,(H,15,17). The average molecular weight is 533 g/mol. The monoisotopic (exact) mass is 532 g/mol. The minimum Gasteiger partial charge on any atom is -0.462 e. The molecule has 6 aromatic rings. The summed E-state index contributed by atoms with van der Waals surface area (Å²) in [5.74, 6) is -0.862. The maximum atomic E-state index is 11.9. The van der Waals surface area contributed by atoms with Gasteiger partial charge < -0.3 is 14.5 Å². The van der Waals surface area contributed by atoms with Gasteiger partial charge in [-0.15, -0.1) is 0 Å². The van der Waals surface area contributed by atoms with Gasteiger partial charge in [0.05, 0.1) is 65.9 Å². The van der Waals surface area contributed by atoms with E-state index in [1.54, 1.807) is 65.8 Å². The molecule has 0 saturated heterocycles. The minimum absolute atomic E-state index is 0.284. The molecule has 0 unspecified atom stereocenters. The quantitative estimate of drug-likeness (QED) is 0.336. The fraction of sp³-hybridized carbons (Fsp3) is 0.154. The second-order valence-corrected chi connectivity index (χ2v) is 8.33. The number of rotatable bonds is 4. The van der Waals surface area contributed by atoms with Crippen LogP contribution in [0.3, 0.4) is 0 Å². The highest BCUT2D eigenvalue weighted by Crippen LogP contribution is 2.24. The summed E-state index contributed by atoms with van der Waals surface area (Å²) in [7, 11) is 0. The maximum Gasteiger partial charge on any atom is 0.340 e. The van der Waals surface area contributed by atoms with E-state index in [1.165, 1.54) is 6.20 Å². The number of nitrogens with one attached hydrogen (secondary N) is 1. The van der Waals surface area contributed by atoms with Crippen molar-refractivity contribution in [3.05, 3.63) is 88.1 Å². The normalized spacial score (nSPS) is 11.0. The Bertz CT molecular complexity index is 1890. The lowest BCUT2D eigenvalue weighted by Gasteiger charge is -2.07. The van der Waals surface area contributed by atoms with Crippen molar-refractivity contribution in [1.29, 1.82) is 0 Å². The van der Waals surface area contributed by atoms with Crippen LogP contribution in [0.15, 0.2) is 66.2 Å². The molecule has 0 atom stereocenters. The van der Waals surface area contributed by atoms with Gasteiger partial charge in [0.25, 0.3) is 5.56 Å². The Morgan fingerprint density at radius 2 is 1.42 bits per heavy atom. The van der Waals surface area contributed by atoms with Crippen LogP contribution in [0.1, 0.15) is 34.6 Å². The summed E-state index contributed by atoms with van der Waals surface area (Å²) in [6.45, 7) is 4.10. The molecule has 38 heavy (non-hydrogen) atoms.